The lowest BCUT2D eigenvalue weighted by atomic mass is 9.72. The summed E-state index contributed by atoms with van der Waals surface area (Å²) in [6.07, 6.45) is 3.09. The SMILES string of the molecule is CC1(C)CCCC2=C1[C@H]1OC(=O)C[C@H]1C2=O. The molecule has 0 N–H and O–H groups in total. The Kier molecular flexibility index (Phi) is 1.86. The Morgan fingerprint density at radius 2 is 2.06 bits per heavy atom. The van der Waals surface area contributed by atoms with Crippen LogP contribution in [0.15, 0.2) is 11.1 Å². The van der Waals surface area contributed by atoms with E-state index in [1.54, 1.807) is 0 Å². The van der Waals surface area contributed by atoms with E-state index in [0.717, 1.165) is 30.4 Å². The lowest BCUT2D eigenvalue weighted by Crippen LogP contribution is -2.27. The van der Waals surface area contributed by atoms with Crippen molar-refractivity contribution < 1.29 is 14.3 Å². The van der Waals surface area contributed by atoms with Crippen molar-refractivity contribution in [1.82, 2.24) is 0 Å². The number of Topliss-reactive ketones (excluding diaryl/α,β-unsaturated/α-hetero) is 1. The van der Waals surface area contributed by atoms with E-state index in [0.29, 0.717) is 0 Å². The molecule has 0 bridgehead atoms. The van der Waals surface area contributed by atoms with E-state index in [1.165, 1.54) is 0 Å². The average molecular weight is 220 g/mol. The lowest BCUT2D eigenvalue weighted by molar-refractivity contribution is -0.140. The molecule has 0 amide bonds. The van der Waals surface area contributed by atoms with Crippen LogP contribution in [0.1, 0.15) is 39.5 Å². The van der Waals surface area contributed by atoms with Gasteiger partial charge in [-0.3, -0.25) is 9.59 Å². The summed E-state index contributed by atoms with van der Waals surface area (Å²) in [5.41, 5.74) is 2.12. The highest BCUT2D eigenvalue weighted by molar-refractivity contribution is 6.05. The van der Waals surface area contributed by atoms with Gasteiger partial charge in [0.05, 0.1) is 12.3 Å². The summed E-state index contributed by atoms with van der Waals surface area (Å²) >= 11 is 0. The maximum absolute atomic E-state index is 12.2. The molecule has 1 fully saturated rings. The van der Waals surface area contributed by atoms with Crippen LogP contribution in [0.5, 0.6) is 0 Å². The van der Waals surface area contributed by atoms with Crippen LogP contribution >= 0.6 is 0 Å². The Morgan fingerprint density at radius 1 is 1.31 bits per heavy atom. The number of hydrogen-bond donors (Lipinski definition) is 0. The van der Waals surface area contributed by atoms with Crippen molar-refractivity contribution in [2.75, 3.05) is 0 Å². The fraction of sp³-hybridized carbons (Fsp3) is 0.692. The Morgan fingerprint density at radius 3 is 2.81 bits per heavy atom. The fourth-order valence-electron chi connectivity index (χ4n) is 3.47. The molecular formula is C13H16O3. The molecule has 3 heteroatoms. The molecule has 86 valence electrons. The molecule has 0 aromatic carbocycles. The monoisotopic (exact) mass is 220 g/mol. The van der Waals surface area contributed by atoms with Crippen molar-refractivity contribution in [3.8, 4) is 0 Å². The highest BCUT2D eigenvalue weighted by Gasteiger charge is 2.53. The molecule has 1 aliphatic heterocycles. The van der Waals surface area contributed by atoms with Gasteiger partial charge in [0.25, 0.3) is 0 Å². The van der Waals surface area contributed by atoms with Crippen molar-refractivity contribution in [1.29, 1.82) is 0 Å². The van der Waals surface area contributed by atoms with Gasteiger partial charge in [-0.25, -0.2) is 0 Å². The zero-order valence-corrected chi connectivity index (χ0v) is 9.71. The van der Waals surface area contributed by atoms with Crippen LogP contribution in [-0.2, 0) is 14.3 Å². The number of allylic oxidation sites excluding steroid dienone is 1. The summed E-state index contributed by atoms with van der Waals surface area (Å²) in [5, 5.41) is 0. The Bertz CT molecular complexity index is 417. The maximum Gasteiger partial charge on any atom is 0.307 e. The first-order valence-corrected chi connectivity index (χ1v) is 5.98. The molecule has 3 rings (SSSR count). The molecular weight excluding hydrogens is 204 g/mol. The minimum Gasteiger partial charge on any atom is -0.457 e. The Hall–Kier alpha value is -1.12. The summed E-state index contributed by atoms with van der Waals surface area (Å²) < 4.78 is 5.34. The van der Waals surface area contributed by atoms with Gasteiger partial charge in [0, 0.05) is 0 Å². The van der Waals surface area contributed by atoms with Gasteiger partial charge in [-0.2, -0.15) is 0 Å². The number of rotatable bonds is 0. The molecule has 3 nitrogen and oxygen atoms in total. The van der Waals surface area contributed by atoms with Gasteiger partial charge in [0.1, 0.15) is 6.10 Å². The van der Waals surface area contributed by atoms with E-state index in [-0.39, 0.29) is 35.6 Å². The highest BCUT2D eigenvalue weighted by Crippen LogP contribution is 2.51. The molecule has 0 unspecified atom stereocenters. The van der Waals surface area contributed by atoms with Gasteiger partial charge in [-0.1, -0.05) is 13.8 Å². The quantitative estimate of drug-likeness (QED) is 0.586. The second-order valence-electron chi connectivity index (χ2n) is 5.71. The van der Waals surface area contributed by atoms with E-state index in [4.69, 9.17) is 4.74 Å². The van der Waals surface area contributed by atoms with E-state index < -0.39 is 0 Å². The highest BCUT2D eigenvalue weighted by atomic mass is 16.6. The molecule has 1 saturated heterocycles. The van der Waals surface area contributed by atoms with Crippen molar-refractivity contribution in [3.05, 3.63) is 11.1 Å². The predicted octanol–water partition coefficient (Wildman–Crippen LogP) is 2.01. The summed E-state index contributed by atoms with van der Waals surface area (Å²) in [6.45, 7) is 4.31. The minimum atomic E-state index is -0.231. The number of fused-ring (bicyclic) bond motifs is 2. The standard InChI is InChI=1S/C13H16O3/c1-13(2)5-3-4-7-10(13)12-8(11(7)15)6-9(14)16-12/h8,12H,3-6H2,1-2H3/t8-,12-/m0/s1. The van der Waals surface area contributed by atoms with Gasteiger partial charge in [0.15, 0.2) is 5.78 Å². The summed E-state index contributed by atoms with van der Waals surface area (Å²) in [6, 6.07) is 0. The number of ether oxygens (including phenoxy) is 1. The normalized spacial score (nSPS) is 36.1. The third kappa shape index (κ3) is 1.14. The van der Waals surface area contributed by atoms with E-state index >= 15 is 0 Å². The maximum atomic E-state index is 12.2. The molecule has 16 heavy (non-hydrogen) atoms. The Balaban J connectivity index is 2.09. The molecule has 1 heterocycles. The second-order valence-corrected chi connectivity index (χ2v) is 5.71. The molecule has 3 aliphatic rings. The van der Waals surface area contributed by atoms with Crippen LogP contribution in [0.4, 0.5) is 0 Å². The van der Waals surface area contributed by atoms with Crippen LogP contribution in [0, 0.1) is 11.3 Å². The van der Waals surface area contributed by atoms with E-state index in [1.807, 2.05) is 0 Å². The van der Waals surface area contributed by atoms with Crippen LogP contribution in [0.3, 0.4) is 0 Å². The molecule has 2 atom stereocenters. The smallest absolute Gasteiger partial charge is 0.307 e. The van der Waals surface area contributed by atoms with Gasteiger partial charge in [-0.05, 0) is 35.8 Å². The molecule has 0 spiro atoms. The third-order valence-corrected chi connectivity index (χ3v) is 4.21. The Labute approximate surface area is 94.8 Å². The minimum absolute atomic E-state index is 0.0211. The third-order valence-electron chi connectivity index (χ3n) is 4.21. The van der Waals surface area contributed by atoms with Crippen molar-refractivity contribution in [2.24, 2.45) is 11.3 Å². The first-order chi connectivity index (χ1) is 7.50. The van der Waals surface area contributed by atoms with Gasteiger partial charge < -0.3 is 4.74 Å². The van der Waals surface area contributed by atoms with Crippen molar-refractivity contribution in [2.45, 2.75) is 45.6 Å². The zero-order chi connectivity index (χ0) is 11.5. The van der Waals surface area contributed by atoms with Gasteiger partial charge >= 0.3 is 5.97 Å². The molecule has 0 aromatic heterocycles. The van der Waals surface area contributed by atoms with Crippen LogP contribution in [-0.4, -0.2) is 17.9 Å². The largest absolute Gasteiger partial charge is 0.457 e. The number of carbonyl (C=O) groups is 2. The lowest BCUT2D eigenvalue weighted by Gasteiger charge is -2.33. The van der Waals surface area contributed by atoms with Crippen LogP contribution in [0.2, 0.25) is 0 Å². The number of hydrogen-bond acceptors (Lipinski definition) is 3. The molecule has 2 aliphatic carbocycles. The van der Waals surface area contributed by atoms with Crippen molar-refractivity contribution in [3.63, 3.8) is 0 Å². The molecule has 0 aromatic rings. The summed E-state index contributed by atoms with van der Waals surface area (Å²) in [4.78, 5) is 23.5. The van der Waals surface area contributed by atoms with E-state index in [2.05, 4.69) is 13.8 Å². The summed E-state index contributed by atoms with van der Waals surface area (Å²) in [5.74, 6) is -0.232. The zero-order valence-electron chi connectivity index (χ0n) is 9.71. The average Bonchev–Trinajstić information content (AvgIpc) is 2.66. The number of ketones is 1. The summed E-state index contributed by atoms with van der Waals surface area (Å²) in [7, 11) is 0. The second kappa shape index (κ2) is 2.96. The molecule has 0 radical (unpaired) electrons. The number of carbonyl (C=O) groups excluding carboxylic acids is 2. The first-order valence-electron chi connectivity index (χ1n) is 5.98. The topological polar surface area (TPSA) is 43.4 Å². The number of esters is 1. The van der Waals surface area contributed by atoms with Crippen LogP contribution in [0.25, 0.3) is 0 Å². The molecule has 0 saturated carbocycles. The van der Waals surface area contributed by atoms with Gasteiger partial charge in [-0.15, -0.1) is 0 Å². The van der Waals surface area contributed by atoms with Gasteiger partial charge in [0.2, 0.25) is 0 Å². The first kappa shape index (κ1) is 10.1. The predicted molar refractivity (Wildman–Crippen MR) is 57.7 cm³/mol. The fourth-order valence-corrected chi connectivity index (χ4v) is 3.47. The van der Waals surface area contributed by atoms with Crippen molar-refractivity contribution >= 4 is 11.8 Å². The van der Waals surface area contributed by atoms with Crippen LogP contribution < -0.4 is 0 Å². The van der Waals surface area contributed by atoms with E-state index in [9.17, 15) is 9.59 Å².